The molecule has 0 saturated heterocycles. The molecule has 5 rings (SSSR count). The summed E-state index contributed by atoms with van der Waals surface area (Å²) in [5.41, 5.74) is 3.89. The van der Waals surface area contributed by atoms with Gasteiger partial charge in [0.05, 0.1) is 0 Å². The van der Waals surface area contributed by atoms with Crippen LogP contribution in [0.15, 0.2) is 122 Å². The first kappa shape index (κ1) is 28.0. The lowest BCUT2D eigenvalue weighted by Crippen LogP contribution is -2.30. The number of aromatic nitrogens is 2. The Hall–Kier alpha value is -5.50. The van der Waals surface area contributed by atoms with Crippen LogP contribution in [0.2, 0.25) is 0 Å². The van der Waals surface area contributed by atoms with Crippen molar-refractivity contribution < 1.29 is 19.1 Å². The molecule has 0 radical (unpaired) electrons. The molecule has 2 atom stereocenters. The molecule has 0 aliphatic heterocycles. The Morgan fingerprint density at radius 1 is 0.548 bits per heavy atom. The van der Waals surface area contributed by atoms with Gasteiger partial charge >= 0.3 is 0 Å². The van der Waals surface area contributed by atoms with Crippen LogP contribution >= 0.6 is 0 Å². The first-order chi connectivity index (χ1) is 20.4. The van der Waals surface area contributed by atoms with E-state index < -0.39 is 12.2 Å². The van der Waals surface area contributed by atoms with Gasteiger partial charge in [-0.15, -0.1) is 0 Å². The number of carbonyl (C=O) groups is 2. The number of carbonyl (C=O) groups excluding carboxylic acids is 2. The average molecular weight is 559 g/mol. The molecule has 42 heavy (non-hydrogen) atoms. The van der Waals surface area contributed by atoms with Gasteiger partial charge in [-0.1, -0.05) is 48.5 Å². The summed E-state index contributed by atoms with van der Waals surface area (Å²) in [7, 11) is 0. The van der Waals surface area contributed by atoms with Gasteiger partial charge in [-0.25, -0.2) is 9.97 Å². The van der Waals surface area contributed by atoms with Gasteiger partial charge in [0.1, 0.15) is 11.5 Å². The molecule has 1 aromatic heterocycles. The molecule has 0 unspecified atom stereocenters. The predicted molar refractivity (Wildman–Crippen MR) is 163 cm³/mol. The molecule has 210 valence electrons. The summed E-state index contributed by atoms with van der Waals surface area (Å²) in [6.45, 7) is 3.42. The zero-order valence-electron chi connectivity index (χ0n) is 23.2. The van der Waals surface area contributed by atoms with Crippen molar-refractivity contribution in [3.05, 3.63) is 122 Å². The topological polar surface area (TPSA) is 102 Å². The lowest BCUT2D eigenvalue weighted by molar-refractivity contribution is -0.122. The normalized spacial score (nSPS) is 12.0. The van der Waals surface area contributed by atoms with Gasteiger partial charge in [0, 0.05) is 34.9 Å². The van der Waals surface area contributed by atoms with Crippen LogP contribution in [0, 0.1) is 0 Å². The summed E-state index contributed by atoms with van der Waals surface area (Å²) in [5.74, 6) is 1.36. The van der Waals surface area contributed by atoms with Gasteiger partial charge in [-0.05, 0) is 80.1 Å². The van der Waals surface area contributed by atoms with Crippen LogP contribution in [0.1, 0.15) is 13.8 Å². The second-order valence-corrected chi connectivity index (χ2v) is 9.57. The Balaban J connectivity index is 1.15. The Morgan fingerprint density at radius 2 is 0.952 bits per heavy atom. The largest absolute Gasteiger partial charge is 0.481 e. The molecule has 8 nitrogen and oxygen atoms in total. The number of hydrogen-bond donors (Lipinski definition) is 2. The fourth-order valence-corrected chi connectivity index (χ4v) is 4.08. The highest BCUT2D eigenvalue weighted by Crippen LogP contribution is 2.24. The Bertz CT molecular complexity index is 1490. The Kier molecular flexibility index (Phi) is 8.84. The van der Waals surface area contributed by atoms with E-state index in [9.17, 15) is 9.59 Å². The van der Waals surface area contributed by atoms with E-state index in [-0.39, 0.29) is 11.8 Å². The summed E-state index contributed by atoms with van der Waals surface area (Å²) < 4.78 is 11.4. The van der Waals surface area contributed by atoms with Crippen LogP contribution in [0.5, 0.6) is 11.5 Å². The first-order valence-electron chi connectivity index (χ1n) is 13.5. The minimum absolute atomic E-state index is 0.236. The molecule has 0 aliphatic rings. The maximum Gasteiger partial charge on any atom is 0.265 e. The summed E-state index contributed by atoms with van der Waals surface area (Å²) in [4.78, 5) is 34.1. The van der Waals surface area contributed by atoms with E-state index in [1.54, 1.807) is 38.4 Å². The van der Waals surface area contributed by atoms with E-state index in [4.69, 9.17) is 9.47 Å². The van der Waals surface area contributed by atoms with Crippen LogP contribution in [0.3, 0.4) is 0 Å². The van der Waals surface area contributed by atoms with E-state index in [0.29, 0.717) is 28.7 Å². The van der Waals surface area contributed by atoms with Crippen molar-refractivity contribution in [3.63, 3.8) is 0 Å². The molecule has 0 saturated carbocycles. The number of amides is 2. The minimum atomic E-state index is -0.648. The van der Waals surface area contributed by atoms with Crippen LogP contribution in [-0.2, 0) is 9.59 Å². The zero-order chi connectivity index (χ0) is 29.3. The summed E-state index contributed by atoms with van der Waals surface area (Å²) in [6.07, 6.45) is 2.22. The second kappa shape index (κ2) is 13.2. The molecular weight excluding hydrogens is 528 g/mol. The number of hydrogen-bond acceptors (Lipinski definition) is 6. The van der Waals surface area contributed by atoms with E-state index in [2.05, 4.69) is 20.6 Å². The highest BCUT2D eigenvalue weighted by atomic mass is 16.5. The van der Waals surface area contributed by atoms with Gasteiger partial charge in [0.25, 0.3) is 11.8 Å². The van der Waals surface area contributed by atoms with Gasteiger partial charge in [-0.2, -0.15) is 0 Å². The van der Waals surface area contributed by atoms with Crippen LogP contribution in [0.25, 0.3) is 22.5 Å². The standard InChI is InChI=1S/C34H30N4O4/c1-23(41-30-9-5-3-6-10-30)33(39)37-28-17-13-25(14-18-28)27-21-35-32(36-22-27)26-15-19-29(20-16-26)38-34(40)24(2)42-31-11-7-4-8-12-31/h3-24H,1-2H3,(H,37,39)(H,38,40)/t23-,24-/m1/s1. The van der Waals surface area contributed by atoms with E-state index in [0.717, 1.165) is 16.7 Å². The molecule has 4 aromatic carbocycles. The quantitative estimate of drug-likeness (QED) is 0.200. The lowest BCUT2D eigenvalue weighted by Gasteiger charge is -2.15. The lowest BCUT2D eigenvalue weighted by atomic mass is 10.1. The third-order valence-corrected chi connectivity index (χ3v) is 6.40. The zero-order valence-corrected chi connectivity index (χ0v) is 23.2. The second-order valence-electron chi connectivity index (χ2n) is 9.57. The van der Waals surface area contributed by atoms with Crippen molar-refractivity contribution in [1.29, 1.82) is 0 Å². The van der Waals surface area contributed by atoms with Gasteiger partial charge in [0.2, 0.25) is 0 Å². The molecule has 2 N–H and O–H groups in total. The summed E-state index contributed by atoms with van der Waals surface area (Å²) >= 11 is 0. The number of rotatable bonds is 10. The summed E-state index contributed by atoms with van der Waals surface area (Å²) in [5, 5.41) is 5.74. The third kappa shape index (κ3) is 7.37. The molecule has 0 bridgehead atoms. The maximum atomic E-state index is 12.5. The molecule has 2 amide bonds. The molecule has 8 heteroatoms. The fraction of sp³-hybridized carbons (Fsp3) is 0.118. The Labute approximate surface area is 244 Å². The molecular formula is C34H30N4O4. The highest BCUT2D eigenvalue weighted by Gasteiger charge is 2.16. The third-order valence-electron chi connectivity index (χ3n) is 6.40. The van der Waals surface area contributed by atoms with E-state index >= 15 is 0 Å². The Morgan fingerprint density at radius 3 is 1.38 bits per heavy atom. The van der Waals surface area contributed by atoms with Gasteiger partial charge in [-0.3, -0.25) is 9.59 Å². The van der Waals surface area contributed by atoms with Crippen LogP contribution in [0.4, 0.5) is 11.4 Å². The number of nitrogens with zero attached hydrogens (tertiary/aromatic N) is 2. The van der Waals surface area contributed by atoms with Gasteiger partial charge in [0.15, 0.2) is 18.0 Å². The monoisotopic (exact) mass is 558 g/mol. The molecule has 1 heterocycles. The number of ether oxygens (including phenoxy) is 2. The van der Waals surface area contributed by atoms with Crippen molar-refractivity contribution in [1.82, 2.24) is 9.97 Å². The molecule has 0 aliphatic carbocycles. The number of benzene rings is 4. The van der Waals surface area contributed by atoms with Crippen LogP contribution < -0.4 is 20.1 Å². The minimum Gasteiger partial charge on any atom is -0.481 e. The van der Waals surface area contributed by atoms with Crippen molar-refractivity contribution in [2.24, 2.45) is 0 Å². The number of para-hydroxylation sites is 2. The first-order valence-corrected chi connectivity index (χ1v) is 13.5. The van der Waals surface area contributed by atoms with Crippen LogP contribution in [-0.4, -0.2) is 34.0 Å². The average Bonchev–Trinajstić information content (AvgIpc) is 3.03. The van der Waals surface area contributed by atoms with Crippen molar-refractivity contribution in [2.45, 2.75) is 26.1 Å². The molecule has 5 aromatic rings. The highest BCUT2D eigenvalue weighted by molar-refractivity contribution is 5.95. The molecule has 0 fully saturated rings. The number of nitrogens with one attached hydrogen (secondary N) is 2. The molecule has 0 spiro atoms. The van der Waals surface area contributed by atoms with Crippen molar-refractivity contribution >= 4 is 23.2 Å². The maximum absolute atomic E-state index is 12.5. The summed E-state index contributed by atoms with van der Waals surface area (Å²) in [6, 6.07) is 33.2. The smallest absolute Gasteiger partial charge is 0.265 e. The van der Waals surface area contributed by atoms with E-state index in [1.807, 2.05) is 97.1 Å². The van der Waals surface area contributed by atoms with Crippen molar-refractivity contribution in [3.8, 4) is 34.0 Å². The fourth-order valence-electron chi connectivity index (χ4n) is 4.08. The SMILES string of the molecule is C[C@@H](Oc1ccccc1)C(=O)Nc1ccc(-c2cnc(-c3ccc(NC(=O)[C@@H](C)Oc4ccccc4)cc3)nc2)cc1. The number of anilines is 2. The van der Waals surface area contributed by atoms with E-state index in [1.165, 1.54) is 0 Å². The predicted octanol–water partition coefficient (Wildman–Crippen LogP) is 6.62. The van der Waals surface area contributed by atoms with Gasteiger partial charge < -0.3 is 20.1 Å². The van der Waals surface area contributed by atoms with Crippen molar-refractivity contribution in [2.75, 3.05) is 10.6 Å².